The van der Waals surface area contributed by atoms with Crippen LogP contribution < -0.4 is 10.5 Å². The van der Waals surface area contributed by atoms with Crippen LogP contribution in [0, 0.1) is 0 Å². The molecule has 3 nitrogen and oxygen atoms in total. The number of para-hydroxylation sites is 1. The Morgan fingerprint density at radius 2 is 1.95 bits per heavy atom. The SMILES string of the molecule is COC1(CC(N)c2ccccc2OC(C)C)CCC1. The monoisotopic (exact) mass is 263 g/mol. The Morgan fingerprint density at radius 3 is 2.47 bits per heavy atom. The molecule has 1 aliphatic rings. The van der Waals surface area contributed by atoms with Crippen molar-refractivity contribution in [2.75, 3.05) is 7.11 Å². The van der Waals surface area contributed by atoms with E-state index in [2.05, 4.69) is 6.07 Å². The Kier molecular flexibility index (Phi) is 4.48. The molecule has 0 saturated heterocycles. The molecule has 1 saturated carbocycles. The predicted octanol–water partition coefficient (Wildman–Crippen LogP) is 3.43. The van der Waals surface area contributed by atoms with Crippen molar-refractivity contribution in [1.82, 2.24) is 0 Å². The lowest BCUT2D eigenvalue weighted by Crippen LogP contribution is -2.41. The summed E-state index contributed by atoms with van der Waals surface area (Å²) in [5.74, 6) is 0.899. The highest BCUT2D eigenvalue weighted by Crippen LogP contribution is 2.42. The van der Waals surface area contributed by atoms with Gasteiger partial charge < -0.3 is 15.2 Å². The molecule has 0 heterocycles. The van der Waals surface area contributed by atoms with Crippen molar-refractivity contribution < 1.29 is 9.47 Å². The lowest BCUT2D eigenvalue weighted by atomic mass is 9.75. The van der Waals surface area contributed by atoms with Crippen LogP contribution >= 0.6 is 0 Å². The van der Waals surface area contributed by atoms with Gasteiger partial charge in [0.2, 0.25) is 0 Å². The number of methoxy groups -OCH3 is 1. The van der Waals surface area contributed by atoms with Crippen molar-refractivity contribution in [3.05, 3.63) is 29.8 Å². The Morgan fingerprint density at radius 1 is 1.26 bits per heavy atom. The lowest BCUT2D eigenvalue weighted by molar-refractivity contribution is -0.0817. The maximum Gasteiger partial charge on any atom is 0.124 e. The van der Waals surface area contributed by atoms with Gasteiger partial charge >= 0.3 is 0 Å². The van der Waals surface area contributed by atoms with Gasteiger partial charge in [-0.25, -0.2) is 0 Å². The number of benzene rings is 1. The third-order valence-corrected chi connectivity index (χ3v) is 3.97. The molecule has 1 aliphatic carbocycles. The van der Waals surface area contributed by atoms with Crippen LogP contribution in [0.25, 0.3) is 0 Å². The zero-order valence-corrected chi connectivity index (χ0v) is 12.2. The molecule has 1 unspecified atom stereocenters. The first-order valence-corrected chi connectivity index (χ1v) is 7.13. The van der Waals surface area contributed by atoms with Crippen molar-refractivity contribution >= 4 is 0 Å². The lowest BCUT2D eigenvalue weighted by Gasteiger charge is -2.42. The average molecular weight is 263 g/mol. The Balaban J connectivity index is 2.12. The molecular formula is C16H25NO2. The van der Waals surface area contributed by atoms with Crippen molar-refractivity contribution in [3.8, 4) is 5.75 Å². The van der Waals surface area contributed by atoms with Crippen LogP contribution in [0.15, 0.2) is 24.3 Å². The molecule has 0 spiro atoms. The first-order chi connectivity index (χ1) is 9.06. The molecule has 2 rings (SSSR count). The largest absolute Gasteiger partial charge is 0.491 e. The van der Waals surface area contributed by atoms with Gasteiger partial charge in [-0.05, 0) is 45.6 Å². The molecule has 106 valence electrons. The summed E-state index contributed by atoms with van der Waals surface area (Å²) in [6.45, 7) is 4.07. The number of nitrogens with two attached hydrogens (primary N) is 1. The van der Waals surface area contributed by atoms with Gasteiger partial charge in [0.15, 0.2) is 0 Å². The van der Waals surface area contributed by atoms with Crippen molar-refractivity contribution in [1.29, 1.82) is 0 Å². The van der Waals surface area contributed by atoms with Crippen LogP contribution in [-0.4, -0.2) is 18.8 Å². The normalized spacial score (nSPS) is 19.0. The smallest absolute Gasteiger partial charge is 0.124 e. The average Bonchev–Trinajstić information content (AvgIpc) is 2.33. The zero-order chi connectivity index (χ0) is 13.9. The molecule has 19 heavy (non-hydrogen) atoms. The van der Waals surface area contributed by atoms with Gasteiger partial charge in [-0.1, -0.05) is 18.2 Å². The maximum atomic E-state index is 6.38. The molecule has 1 fully saturated rings. The molecule has 0 aliphatic heterocycles. The highest BCUT2D eigenvalue weighted by Gasteiger charge is 2.38. The second-order valence-electron chi connectivity index (χ2n) is 5.76. The van der Waals surface area contributed by atoms with E-state index in [-0.39, 0.29) is 17.7 Å². The van der Waals surface area contributed by atoms with E-state index in [1.165, 1.54) is 6.42 Å². The predicted molar refractivity (Wildman–Crippen MR) is 77.3 cm³/mol. The van der Waals surface area contributed by atoms with Crippen molar-refractivity contribution in [2.24, 2.45) is 5.73 Å². The number of hydrogen-bond acceptors (Lipinski definition) is 3. The number of rotatable bonds is 6. The second kappa shape index (κ2) is 5.93. The van der Waals surface area contributed by atoms with Gasteiger partial charge in [-0.15, -0.1) is 0 Å². The van der Waals surface area contributed by atoms with Crippen LogP contribution in [0.3, 0.4) is 0 Å². The summed E-state index contributed by atoms with van der Waals surface area (Å²) in [5, 5.41) is 0. The van der Waals surface area contributed by atoms with Crippen LogP contribution in [0.5, 0.6) is 5.75 Å². The maximum absolute atomic E-state index is 6.38. The van der Waals surface area contributed by atoms with Gasteiger partial charge in [0, 0.05) is 18.7 Å². The number of hydrogen-bond donors (Lipinski definition) is 1. The topological polar surface area (TPSA) is 44.5 Å². The molecule has 1 aromatic rings. The van der Waals surface area contributed by atoms with Crippen LogP contribution in [0.2, 0.25) is 0 Å². The number of ether oxygens (including phenoxy) is 2. The molecule has 1 aromatic carbocycles. The highest BCUT2D eigenvalue weighted by molar-refractivity contribution is 5.36. The fraction of sp³-hybridized carbons (Fsp3) is 0.625. The van der Waals surface area contributed by atoms with Crippen LogP contribution in [-0.2, 0) is 4.74 Å². The van der Waals surface area contributed by atoms with E-state index in [9.17, 15) is 0 Å². The van der Waals surface area contributed by atoms with Crippen LogP contribution in [0.1, 0.15) is 51.1 Å². The van der Waals surface area contributed by atoms with E-state index in [0.717, 1.165) is 30.6 Å². The van der Waals surface area contributed by atoms with Gasteiger partial charge in [0.25, 0.3) is 0 Å². The van der Waals surface area contributed by atoms with Gasteiger partial charge in [-0.2, -0.15) is 0 Å². The third kappa shape index (κ3) is 3.28. The summed E-state index contributed by atoms with van der Waals surface area (Å²) in [6, 6.07) is 8.03. The van der Waals surface area contributed by atoms with E-state index in [1.54, 1.807) is 7.11 Å². The van der Waals surface area contributed by atoms with Gasteiger partial charge in [0.05, 0.1) is 11.7 Å². The zero-order valence-electron chi connectivity index (χ0n) is 12.2. The molecular weight excluding hydrogens is 238 g/mol. The Labute approximate surface area is 116 Å². The summed E-state index contributed by atoms with van der Waals surface area (Å²) in [5.41, 5.74) is 7.46. The van der Waals surface area contributed by atoms with Crippen LogP contribution in [0.4, 0.5) is 0 Å². The molecule has 3 heteroatoms. The van der Waals surface area contributed by atoms with E-state index >= 15 is 0 Å². The molecule has 0 radical (unpaired) electrons. The van der Waals surface area contributed by atoms with Gasteiger partial charge in [0.1, 0.15) is 5.75 Å². The van der Waals surface area contributed by atoms with E-state index in [4.69, 9.17) is 15.2 Å². The Hall–Kier alpha value is -1.06. The quantitative estimate of drug-likeness (QED) is 0.855. The minimum absolute atomic E-state index is 0.00956. The van der Waals surface area contributed by atoms with E-state index in [1.807, 2.05) is 32.0 Å². The molecule has 0 aromatic heterocycles. The van der Waals surface area contributed by atoms with E-state index in [0.29, 0.717) is 0 Å². The summed E-state index contributed by atoms with van der Waals surface area (Å²) >= 11 is 0. The summed E-state index contributed by atoms with van der Waals surface area (Å²) in [4.78, 5) is 0. The second-order valence-corrected chi connectivity index (χ2v) is 5.76. The minimum Gasteiger partial charge on any atom is -0.491 e. The van der Waals surface area contributed by atoms with Crippen molar-refractivity contribution in [2.45, 2.75) is 57.3 Å². The fourth-order valence-electron chi connectivity index (χ4n) is 2.72. The molecule has 0 bridgehead atoms. The standard InChI is InChI=1S/C16H25NO2/c1-12(2)19-15-8-5-4-7-13(15)14(17)11-16(18-3)9-6-10-16/h4-5,7-8,12,14H,6,9-11,17H2,1-3H3. The summed E-state index contributed by atoms with van der Waals surface area (Å²) in [7, 11) is 1.79. The van der Waals surface area contributed by atoms with E-state index < -0.39 is 0 Å². The molecule has 2 N–H and O–H groups in total. The summed E-state index contributed by atoms with van der Waals surface area (Å²) in [6.07, 6.45) is 4.50. The third-order valence-electron chi connectivity index (χ3n) is 3.97. The van der Waals surface area contributed by atoms with Gasteiger partial charge in [-0.3, -0.25) is 0 Å². The minimum atomic E-state index is -0.0322. The first kappa shape index (κ1) is 14.4. The molecule has 0 amide bonds. The summed E-state index contributed by atoms with van der Waals surface area (Å²) < 4.78 is 11.5. The fourth-order valence-corrected chi connectivity index (χ4v) is 2.72. The first-order valence-electron chi connectivity index (χ1n) is 7.13. The highest BCUT2D eigenvalue weighted by atomic mass is 16.5. The van der Waals surface area contributed by atoms with Crippen molar-refractivity contribution in [3.63, 3.8) is 0 Å². The molecule has 1 atom stereocenters. The Bertz CT molecular complexity index is 407.